The fraction of sp³-hybridized carbons (Fsp3) is 0.143. The van der Waals surface area contributed by atoms with E-state index in [1.54, 1.807) is 24.3 Å². The van der Waals surface area contributed by atoms with Gasteiger partial charge in [-0.15, -0.1) is 5.23 Å². The van der Waals surface area contributed by atoms with E-state index in [0.29, 0.717) is 16.5 Å². The van der Waals surface area contributed by atoms with Crippen molar-refractivity contribution in [2.24, 2.45) is 0 Å². The molecule has 1 aromatic carbocycles. The molecule has 1 N–H and O–H groups in total. The van der Waals surface area contributed by atoms with E-state index in [1.165, 1.54) is 0 Å². The molecule has 0 aliphatic carbocycles. The van der Waals surface area contributed by atoms with Crippen molar-refractivity contribution in [2.45, 2.75) is 6.23 Å². The summed E-state index contributed by atoms with van der Waals surface area (Å²) in [6.45, 7) is 0. The molecule has 1 heterocycles. The molecule has 0 bridgehead atoms. The van der Waals surface area contributed by atoms with E-state index >= 15 is 0 Å². The van der Waals surface area contributed by atoms with Gasteiger partial charge in [-0.25, -0.2) is 0 Å². The maximum atomic E-state index is 10.5. The minimum Gasteiger partial charge on any atom is -0.263 e. The van der Waals surface area contributed by atoms with Gasteiger partial charge in [0.05, 0.1) is 10.5 Å². The smallest absolute Gasteiger partial charge is 0.263 e. The second kappa shape index (κ2) is 2.68. The summed E-state index contributed by atoms with van der Waals surface area (Å²) in [5.41, 5.74) is 0.666. The molecule has 2 rings (SSSR count). The Morgan fingerprint density at radius 3 is 2.92 bits per heavy atom. The van der Waals surface area contributed by atoms with Crippen LogP contribution in [0.3, 0.4) is 0 Å². The normalized spacial score (nSPS) is 20.1. The zero-order chi connectivity index (χ0) is 9.42. The van der Waals surface area contributed by atoms with Gasteiger partial charge in [0.15, 0.2) is 0 Å². The van der Waals surface area contributed by atoms with E-state index < -0.39 is 11.2 Å². The van der Waals surface area contributed by atoms with Crippen LogP contribution in [-0.4, -0.2) is 10.1 Å². The summed E-state index contributed by atoms with van der Waals surface area (Å²) in [6, 6.07) is 6.39. The van der Waals surface area contributed by atoms with Crippen LogP contribution >= 0.6 is 0 Å². The maximum Gasteiger partial charge on any atom is 0.366 e. The van der Waals surface area contributed by atoms with Gasteiger partial charge >= 0.3 is 6.23 Å². The summed E-state index contributed by atoms with van der Waals surface area (Å²) in [5, 5.41) is 20.0. The Morgan fingerprint density at radius 2 is 2.23 bits per heavy atom. The minimum atomic E-state index is -1.30. The van der Waals surface area contributed by atoms with Crippen LogP contribution in [0, 0.1) is 10.1 Å². The third-order valence-corrected chi connectivity index (χ3v) is 1.80. The highest BCUT2D eigenvalue weighted by Crippen LogP contribution is 2.35. The molecule has 68 valence electrons. The van der Waals surface area contributed by atoms with Gasteiger partial charge < -0.3 is 0 Å². The fourth-order valence-corrected chi connectivity index (χ4v) is 1.23. The SMILES string of the molecule is O=[N+]([O-])C1ON(O)c2ccccc21. The number of anilines is 1. The number of para-hydroxylation sites is 1. The highest BCUT2D eigenvalue weighted by Gasteiger charge is 2.37. The van der Waals surface area contributed by atoms with Gasteiger partial charge in [0.1, 0.15) is 5.69 Å². The molecule has 0 saturated carbocycles. The van der Waals surface area contributed by atoms with Crippen LogP contribution in [0.15, 0.2) is 24.3 Å². The molecule has 1 atom stereocenters. The van der Waals surface area contributed by atoms with Crippen LogP contribution < -0.4 is 5.23 Å². The van der Waals surface area contributed by atoms with E-state index in [2.05, 4.69) is 4.84 Å². The molecule has 0 amide bonds. The number of hydrogen-bond donors (Lipinski definition) is 1. The van der Waals surface area contributed by atoms with Gasteiger partial charge in [-0.05, 0) is 12.1 Å². The van der Waals surface area contributed by atoms with Crippen molar-refractivity contribution in [3.63, 3.8) is 0 Å². The van der Waals surface area contributed by atoms with Gasteiger partial charge in [-0.1, -0.05) is 12.1 Å². The summed E-state index contributed by atoms with van der Waals surface area (Å²) in [7, 11) is 0. The second-order valence-electron chi connectivity index (χ2n) is 2.57. The topological polar surface area (TPSA) is 75.8 Å². The zero-order valence-corrected chi connectivity index (χ0v) is 6.45. The van der Waals surface area contributed by atoms with Gasteiger partial charge in [0, 0.05) is 0 Å². The monoisotopic (exact) mass is 182 g/mol. The van der Waals surface area contributed by atoms with Crippen molar-refractivity contribution in [1.29, 1.82) is 0 Å². The Balaban J connectivity index is 2.47. The third kappa shape index (κ3) is 1.12. The Hall–Kier alpha value is -1.66. The molecule has 0 fully saturated rings. The van der Waals surface area contributed by atoms with Crippen molar-refractivity contribution in [3.8, 4) is 0 Å². The van der Waals surface area contributed by atoms with Crippen molar-refractivity contribution in [2.75, 3.05) is 5.23 Å². The lowest BCUT2D eigenvalue weighted by Gasteiger charge is -2.05. The molecule has 0 saturated heterocycles. The van der Waals surface area contributed by atoms with Crippen LogP contribution in [0.25, 0.3) is 0 Å². The lowest BCUT2D eigenvalue weighted by atomic mass is 10.2. The molecule has 6 nitrogen and oxygen atoms in total. The largest absolute Gasteiger partial charge is 0.366 e. The van der Waals surface area contributed by atoms with E-state index in [1.807, 2.05) is 0 Å². The molecule has 0 aromatic heterocycles. The summed E-state index contributed by atoms with van der Waals surface area (Å²) < 4.78 is 0. The third-order valence-electron chi connectivity index (χ3n) is 1.80. The van der Waals surface area contributed by atoms with Crippen molar-refractivity contribution >= 4 is 5.69 Å². The van der Waals surface area contributed by atoms with Crippen LogP contribution in [0.2, 0.25) is 0 Å². The van der Waals surface area contributed by atoms with Crippen molar-refractivity contribution in [1.82, 2.24) is 0 Å². The first kappa shape index (κ1) is 7.96. The predicted octanol–water partition coefficient (Wildman–Crippen LogP) is 1.10. The molecule has 1 unspecified atom stereocenters. The average molecular weight is 182 g/mol. The molecule has 1 aromatic rings. The Labute approximate surface area is 73.0 Å². The van der Waals surface area contributed by atoms with Gasteiger partial charge in [0.2, 0.25) is 0 Å². The van der Waals surface area contributed by atoms with E-state index in [-0.39, 0.29) is 0 Å². The first-order chi connectivity index (χ1) is 6.20. The lowest BCUT2D eigenvalue weighted by molar-refractivity contribution is -0.585. The zero-order valence-electron chi connectivity index (χ0n) is 6.45. The summed E-state index contributed by atoms with van der Waals surface area (Å²) in [4.78, 5) is 14.4. The molecular weight excluding hydrogens is 176 g/mol. The molecule has 13 heavy (non-hydrogen) atoms. The van der Waals surface area contributed by atoms with Crippen molar-refractivity contribution < 1.29 is 15.0 Å². The fourth-order valence-electron chi connectivity index (χ4n) is 1.23. The molecular formula is C7H6N2O4. The molecule has 0 spiro atoms. The van der Waals surface area contributed by atoms with E-state index in [9.17, 15) is 10.1 Å². The number of fused-ring (bicyclic) bond motifs is 1. The maximum absolute atomic E-state index is 10.5. The quantitative estimate of drug-likeness (QED) is 0.519. The van der Waals surface area contributed by atoms with Crippen LogP contribution in [-0.2, 0) is 4.84 Å². The standard InChI is InChI=1S/C7H6N2O4/c10-8(11)7-5-3-1-2-4-6(5)9(12)13-7/h1-4,7,12H. The first-order valence-electron chi connectivity index (χ1n) is 3.58. The summed E-state index contributed by atoms with van der Waals surface area (Å²) in [6.07, 6.45) is -1.30. The lowest BCUT2D eigenvalue weighted by Crippen LogP contribution is -2.17. The second-order valence-corrected chi connectivity index (χ2v) is 2.57. The van der Waals surface area contributed by atoms with Crippen LogP contribution in [0.5, 0.6) is 0 Å². The summed E-state index contributed by atoms with van der Waals surface area (Å²) in [5.74, 6) is 0. The predicted molar refractivity (Wildman–Crippen MR) is 41.5 cm³/mol. The number of hydrogen-bond acceptors (Lipinski definition) is 5. The Kier molecular flexibility index (Phi) is 1.64. The Morgan fingerprint density at radius 1 is 1.54 bits per heavy atom. The number of rotatable bonds is 1. The number of nitro groups is 1. The van der Waals surface area contributed by atoms with Crippen LogP contribution in [0.1, 0.15) is 11.8 Å². The Bertz CT molecular complexity index is 354. The van der Waals surface area contributed by atoms with E-state index in [4.69, 9.17) is 5.21 Å². The number of nitrogens with zero attached hydrogens (tertiary/aromatic N) is 2. The van der Waals surface area contributed by atoms with Gasteiger partial charge in [-0.2, -0.15) is 4.84 Å². The number of benzene rings is 1. The average Bonchev–Trinajstić information content (AvgIpc) is 2.45. The van der Waals surface area contributed by atoms with Crippen molar-refractivity contribution in [3.05, 3.63) is 39.9 Å². The molecule has 1 aliphatic rings. The first-order valence-corrected chi connectivity index (χ1v) is 3.58. The van der Waals surface area contributed by atoms with Gasteiger partial charge in [0.25, 0.3) is 0 Å². The highest BCUT2D eigenvalue weighted by molar-refractivity contribution is 5.52. The van der Waals surface area contributed by atoms with Crippen LogP contribution in [0.4, 0.5) is 5.69 Å². The van der Waals surface area contributed by atoms with Gasteiger partial charge in [-0.3, -0.25) is 15.3 Å². The molecule has 6 heteroatoms. The molecule has 0 radical (unpaired) electrons. The molecule has 1 aliphatic heterocycles. The van der Waals surface area contributed by atoms with E-state index in [0.717, 1.165) is 0 Å². The highest BCUT2D eigenvalue weighted by atomic mass is 16.9. The summed E-state index contributed by atoms with van der Waals surface area (Å²) >= 11 is 0. The minimum absolute atomic E-state index is 0.309.